The lowest BCUT2D eigenvalue weighted by Gasteiger charge is -2.28. The molecular formula is C21H22F3N3O2S. The number of imidazole rings is 1. The van der Waals surface area contributed by atoms with Crippen LogP contribution in [0.15, 0.2) is 41.2 Å². The Morgan fingerprint density at radius 1 is 1.20 bits per heavy atom. The van der Waals surface area contributed by atoms with Crippen LogP contribution < -0.4 is 0 Å². The number of aryl methyl sites for hydroxylation is 2. The SMILES string of the molecule is Cc1cc(C)cc(CN2CCn3c(-c4ccsc4)cnc3C2)c1.O=C(O)C(F)(F)F. The van der Waals surface area contributed by atoms with E-state index in [0.29, 0.717) is 0 Å². The molecule has 160 valence electrons. The Bertz CT molecular complexity index is 993. The van der Waals surface area contributed by atoms with Crippen molar-refractivity contribution in [3.05, 3.63) is 63.7 Å². The molecule has 0 spiro atoms. The molecule has 0 amide bonds. The molecule has 30 heavy (non-hydrogen) atoms. The zero-order valence-corrected chi connectivity index (χ0v) is 17.4. The summed E-state index contributed by atoms with van der Waals surface area (Å²) >= 11 is 1.74. The van der Waals surface area contributed by atoms with E-state index in [4.69, 9.17) is 9.90 Å². The van der Waals surface area contributed by atoms with Gasteiger partial charge in [0.1, 0.15) is 5.82 Å². The number of nitrogens with zero attached hydrogens (tertiary/aromatic N) is 3. The van der Waals surface area contributed by atoms with E-state index in [-0.39, 0.29) is 0 Å². The number of hydrogen-bond acceptors (Lipinski definition) is 4. The Kier molecular flexibility index (Phi) is 6.62. The first-order valence-electron chi connectivity index (χ1n) is 9.30. The monoisotopic (exact) mass is 437 g/mol. The standard InChI is InChI=1S/C19H21N3S.C2HF3O2/c1-14-7-15(2)9-16(8-14)11-21-4-5-22-18(10-20-19(22)12-21)17-3-6-23-13-17;3-2(4,5)1(6)7/h3,6-10,13H,4-5,11-12H2,1-2H3;(H,6,7). The average molecular weight is 437 g/mol. The van der Waals surface area contributed by atoms with Gasteiger partial charge in [-0.15, -0.1) is 0 Å². The minimum absolute atomic E-state index is 0.928. The fourth-order valence-corrected chi connectivity index (χ4v) is 4.15. The minimum Gasteiger partial charge on any atom is -0.475 e. The van der Waals surface area contributed by atoms with Crippen molar-refractivity contribution in [2.75, 3.05) is 6.54 Å². The van der Waals surface area contributed by atoms with E-state index in [9.17, 15) is 13.2 Å². The summed E-state index contributed by atoms with van der Waals surface area (Å²) in [5, 5.41) is 11.5. The molecule has 1 aliphatic heterocycles. The van der Waals surface area contributed by atoms with Gasteiger partial charge in [0.05, 0.1) is 18.4 Å². The molecule has 5 nitrogen and oxygen atoms in total. The highest BCUT2D eigenvalue weighted by Gasteiger charge is 2.38. The van der Waals surface area contributed by atoms with E-state index in [1.54, 1.807) is 11.3 Å². The molecule has 3 aromatic rings. The largest absolute Gasteiger partial charge is 0.490 e. The molecule has 2 aromatic heterocycles. The number of benzene rings is 1. The van der Waals surface area contributed by atoms with Crippen molar-refractivity contribution in [1.29, 1.82) is 0 Å². The maximum atomic E-state index is 10.6. The number of hydrogen-bond donors (Lipinski definition) is 1. The lowest BCUT2D eigenvalue weighted by atomic mass is 10.1. The molecule has 4 rings (SSSR count). The second-order valence-corrected chi connectivity index (χ2v) is 8.01. The molecule has 1 aromatic carbocycles. The zero-order chi connectivity index (χ0) is 21.9. The first-order chi connectivity index (χ1) is 14.1. The van der Waals surface area contributed by atoms with Gasteiger partial charge in [-0.2, -0.15) is 24.5 Å². The highest BCUT2D eigenvalue weighted by molar-refractivity contribution is 7.08. The van der Waals surface area contributed by atoms with Crippen LogP contribution >= 0.6 is 11.3 Å². The summed E-state index contributed by atoms with van der Waals surface area (Å²) in [6.07, 6.45) is -3.06. The smallest absolute Gasteiger partial charge is 0.475 e. The van der Waals surface area contributed by atoms with Crippen LogP contribution in [-0.2, 0) is 24.4 Å². The number of aromatic nitrogens is 2. The number of carboxylic acids is 1. The van der Waals surface area contributed by atoms with Gasteiger partial charge in [0.25, 0.3) is 0 Å². The number of fused-ring (bicyclic) bond motifs is 1. The van der Waals surface area contributed by atoms with E-state index >= 15 is 0 Å². The Labute approximate surface area is 176 Å². The lowest BCUT2D eigenvalue weighted by Crippen LogP contribution is -2.33. The number of rotatable bonds is 3. The van der Waals surface area contributed by atoms with E-state index in [0.717, 1.165) is 26.2 Å². The molecule has 1 aliphatic rings. The summed E-state index contributed by atoms with van der Waals surface area (Å²) in [5.41, 5.74) is 6.64. The molecule has 9 heteroatoms. The molecule has 3 heterocycles. The Morgan fingerprint density at radius 2 is 1.87 bits per heavy atom. The first-order valence-corrected chi connectivity index (χ1v) is 10.2. The van der Waals surface area contributed by atoms with E-state index < -0.39 is 12.1 Å². The molecule has 0 unspecified atom stereocenters. The number of carbonyl (C=O) groups is 1. The van der Waals surface area contributed by atoms with Crippen LogP contribution in [0.1, 0.15) is 22.5 Å². The van der Waals surface area contributed by atoms with Gasteiger partial charge in [-0.25, -0.2) is 9.78 Å². The van der Waals surface area contributed by atoms with Crippen LogP contribution in [0.4, 0.5) is 13.2 Å². The van der Waals surface area contributed by atoms with Crippen LogP contribution in [0.3, 0.4) is 0 Å². The molecular weight excluding hydrogens is 415 g/mol. The van der Waals surface area contributed by atoms with Gasteiger partial charge in [0.15, 0.2) is 0 Å². The van der Waals surface area contributed by atoms with E-state index in [2.05, 4.69) is 63.3 Å². The van der Waals surface area contributed by atoms with Crippen LogP contribution in [0, 0.1) is 13.8 Å². The first kappa shape index (κ1) is 22.0. The molecule has 0 bridgehead atoms. The molecule has 0 saturated heterocycles. The molecule has 0 radical (unpaired) electrons. The van der Waals surface area contributed by atoms with Crippen molar-refractivity contribution in [3.8, 4) is 11.3 Å². The Balaban J connectivity index is 0.000000318. The highest BCUT2D eigenvalue weighted by Crippen LogP contribution is 2.26. The normalized spacial score (nSPS) is 14.0. The second kappa shape index (κ2) is 9.01. The van der Waals surface area contributed by atoms with Crippen LogP contribution in [0.25, 0.3) is 11.3 Å². The van der Waals surface area contributed by atoms with Crippen molar-refractivity contribution >= 4 is 17.3 Å². The topological polar surface area (TPSA) is 58.4 Å². The van der Waals surface area contributed by atoms with Crippen molar-refractivity contribution in [2.45, 2.75) is 39.7 Å². The molecule has 0 fully saturated rings. The quantitative estimate of drug-likeness (QED) is 0.635. The van der Waals surface area contributed by atoms with Crippen LogP contribution in [0.2, 0.25) is 0 Å². The predicted molar refractivity (Wildman–Crippen MR) is 109 cm³/mol. The number of alkyl halides is 3. The van der Waals surface area contributed by atoms with Crippen LogP contribution in [0.5, 0.6) is 0 Å². The molecule has 0 atom stereocenters. The summed E-state index contributed by atoms with van der Waals surface area (Å²) in [7, 11) is 0. The van der Waals surface area contributed by atoms with Gasteiger partial charge in [-0.05, 0) is 30.9 Å². The second-order valence-electron chi connectivity index (χ2n) is 7.23. The van der Waals surface area contributed by atoms with Gasteiger partial charge in [0, 0.05) is 30.6 Å². The Hall–Kier alpha value is -2.65. The summed E-state index contributed by atoms with van der Waals surface area (Å²) in [6, 6.07) is 9.01. The third-order valence-corrected chi connectivity index (χ3v) is 5.37. The summed E-state index contributed by atoms with van der Waals surface area (Å²) in [4.78, 5) is 16.1. The summed E-state index contributed by atoms with van der Waals surface area (Å²) in [6.45, 7) is 8.37. The van der Waals surface area contributed by atoms with E-state index in [1.165, 1.54) is 33.8 Å². The van der Waals surface area contributed by atoms with Gasteiger partial charge in [-0.1, -0.05) is 29.3 Å². The predicted octanol–water partition coefficient (Wildman–Crippen LogP) is 4.88. The van der Waals surface area contributed by atoms with Gasteiger partial charge in [-0.3, -0.25) is 4.90 Å². The lowest BCUT2D eigenvalue weighted by molar-refractivity contribution is -0.192. The fraction of sp³-hybridized carbons (Fsp3) is 0.333. The summed E-state index contributed by atoms with van der Waals surface area (Å²) < 4.78 is 34.1. The number of halogens is 3. The fourth-order valence-electron chi connectivity index (χ4n) is 3.50. The molecule has 0 saturated carbocycles. The van der Waals surface area contributed by atoms with Crippen molar-refractivity contribution in [3.63, 3.8) is 0 Å². The maximum Gasteiger partial charge on any atom is 0.490 e. The summed E-state index contributed by atoms with van der Waals surface area (Å²) in [5.74, 6) is -1.57. The van der Waals surface area contributed by atoms with Gasteiger partial charge >= 0.3 is 12.1 Å². The average Bonchev–Trinajstić information content (AvgIpc) is 3.29. The third kappa shape index (κ3) is 5.48. The van der Waals surface area contributed by atoms with Crippen molar-refractivity contribution in [2.24, 2.45) is 0 Å². The van der Waals surface area contributed by atoms with Gasteiger partial charge < -0.3 is 9.67 Å². The van der Waals surface area contributed by atoms with Crippen molar-refractivity contribution < 1.29 is 23.1 Å². The number of aliphatic carboxylic acids is 1. The number of carboxylic acid groups (broad SMARTS) is 1. The van der Waals surface area contributed by atoms with Crippen molar-refractivity contribution in [1.82, 2.24) is 14.5 Å². The van der Waals surface area contributed by atoms with Gasteiger partial charge in [0.2, 0.25) is 0 Å². The zero-order valence-electron chi connectivity index (χ0n) is 16.6. The molecule has 1 N–H and O–H groups in total. The highest BCUT2D eigenvalue weighted by atomic mass is 32.1. The molecule has 0 aliphatic carbocycles. The minimum atomic E-state index is -5.08. The Morgan fingerprint density at radius 3 is 2.43 bits per heavy atom. The maximum absolute atomic E-state index is 10.6. The van der Waals surface area contributed by atoms with Crippen LogP contribution in [-0.4, -0.2) is 38.2 Å². The third-order valence-electron chi connectivity index (χ3n) is 4.69. The number of thiophene rings is 1. The van der Waals surface area contributed by atoms with E-state index in [1.807, 2.05) is 6.20 Å².